The van der Waals surface area contributed by atoms with Crippen molar-refractivity contribution >= 4 is 11.8 Å². The van der Waals surface area contributed by atoms with Crippen LogP contribution in [0.3, 0.4) is 0 Å². The van der Waals surface area contributed by atoms with E-state index in [9.17, 15) is 4.79 Å². The van der Waals surface area contributed by atoms with Crippen molar-refractivity contribution in [1.82, 2.24) is 0 Å². The van der Waals surface area contributed by atoms with Gasteiger partial charge >= 0.3 is 6.09 Å². The van der Waals surface area contributed by atoms with Crippen molar-refractivity contribution in [3.63, 3.8) is 0 Å². The summed E-state index contributed by atoms with van der Waals surface area (Å²) in [5, 5.41) is 2.69. The minimum Gasteiger partial charge on any atom is -0.497 e. The molecule has 2 rings (SSSR count). The fraction of sp³-hybridized carbons (Fsp3) is 0.364. The molecule has 1 aromatic rings. The van der Waals surface area contributed by atoms with Gasteiger partial charge < -0.3 is 9.47 Å². The monoisotopic (exact) mass is 207 g/mol. The van der Waals surface area contributed by atoms with E-state index in [1.807, 2.05) is 25.1 Å². The highest BCUT2D eigenvalue weighted by atomic mass is 16.6. The van der Waals surface area contributed by atoms with Crippen LogP contribution in [-0.2, 0) is 11.2 Å². The average molecular weight is 207 g/mol. The number of carbonyl (C=O) groups is 1. The zero-order valence-corrected chi connectivity index (χ0v) is 8.74. The summed E-state index contributed by atoms with van der Waals surface area (Å²) in [7, 11) is 1.62. The van der Waals surface area contributed by atoms with Gasteiger partial charge in [-0.15, -0.1) is 0 Å². The normalized spacial score (nSPS) is 19.6. The van der Waals surface area contributed by atoms with Gasteiger partial charge in [-0.05, 0) is 30.7 Å². The lowest BCUT2D eigenvalue weighted by Gasteiger charge is -2.08. The van der Waals surface area contributed by atoms with E-state index in [1.165, 1.54) is 0 Å². The highest BCUT2D eigenvalue weighted by Gasteiger charge is 2.18. The molecule has 0 radical (unpaired) electrons. The molecular weight excluding hydrogens is 194 g/mol. The Balaban J connectivity index is 2.37. The van der Waals surface area contributed by atoms with Gasteiger partial charge in [0.2, 0.25) is 0 Å². The van der Waals surface area contributed by atoms with Crippen molar-refractivity contribution in [2.24, 2.45) is 0 Å². The van der Waals surface area contributed by atoms with Gasteiger partial charge in [0.1, 0.15) is 11.9 Å². The molecule has 0 fully saturated rings. The number of fused-ring (bicyclic) bond motifs is 1. The Hall–Kier alpha value is -1.71. The molecule has 0 saturated carbocycles. The molecule has 0 aliphatic carbocycles. The van der Waals surface area contributed by atoms with E-state index in [0.29, 0.717) is 6.42 Å². The number of carbonyl (C=O) groups excluding carboxylic acids is 1. The second-order valence-corrected chi connectivity index (χ2v) is 3.57. The molecular formula is C11H13NO3. The molecule has 1 aromatic carbocycles. The fourth-order valence-corrected chi connectivity index (χ4v) is 1.66. The largest absolute Gasteiger partial charge is 0.497 e. The molecule has 1 atom stereocenters. The number of benzene rings is 1. The third kappa shape index (κ3) is 2.03. The summed E-state index contributed by atoms with van der Waals surface area (Å²) in [5.74, 6) is 0.789. The van der Waals surface area contributed by atoms with Gasteiger partial charge in [0, 0.05) is 12.1 Å². The molecule has 80 valence electrons. The zero-order chi connectivity index (χ0) is 10.8. The number of hydrogen-bond donors (Lipinski definition) is 1. The maximum atomic E-state index is 11.2. The van der Waals surface area contributed by atoms with Crippen LogP contribution in [0, 0.1) is 0 Å². The van der Waals surface area contributed by atoms with Gasteiger partial charge in [0.25, 0.3) is 0 Å². The lowest BCUT2D eigenvalue weighted by Crippen LogP contribution is -2.17. The molecule has 0 bridgehead atoms. The van der Waals surface area contributed by atoms with E-state index in [4.69, 9.17) is 9.47 Å². The van der Waals surface area contributed by atoms with Crippen molar-refractivity contribution in [2.75, 3.05) is 12.4 Å². The quantitative estimate of drug-likeness (QED) is 0.767. The first-order valence-electron chi connectivity index (χ1n) is 4.83. The summed E-state index contributed by atoms with van der Waals surface area (Å²) >= 11 is 0. The van der Waals surface area contributed by atoms with Crippen LogP contribution in [-0.4, -0.2) is 19.3 Å². The molecule has 0 saturated heterocycles. The van der Waals surface area contributed by atoms with Crippen LogP contribution in [0.2, 0.25) is 0 Å². The van der Waals surface area contributed by atoms with Crippen LogP contribution in [0.1, 0.15) is 12.5 Å². The lowest BCUT2D eigenvalue weighted by atomic mass is 10.1. The Bertz CT molecular complexity index is 389. The van der Waals surface area contributed by atoms with Gasteiger partial charge in [-0.2, -0.15) is 0 Å². The smallest absolute Gasteiger partial charge is 0.411 e. The summed E-state index contributed by atoms with van der Waals surface area (Å²) in [6, 6.07) is 5.56. The van der Waals surface area contributed by atoms with Crippen LogP contribution in [0.25, 0.3) is 0 Å². The van der Waals surface area contributed by atoms with Crippen molar-refractivity contribution in [3.05, 3.63) is 23.8 Å². The number of nitrogens with one attached hydrogen (secondary N) is 1. The van der Waals surface area contributed by atoms with Crippen LogP contribution in [0.15, 0.2) is 18.2 Å². The van der Waals surface area contributed by atoms with Crippen LogP contribution in [0.5, 0.6) is 5.75 Å². The van der Waals surface area contributed by atoms with E-state index in [2.05, 4.69) is 5.32 Å². The van der Waals surface area contributed by atoms with Gasteiger partial charge in [-0.1, -0.05) is 0 Å². The molecule has 0 spiro atoms. The van der Waals surface area contributed by atoms with Crippen molar-refractivity contribution in [3.8, 4) is 5.75 Å². The summed E-state index contributed by atoms with van der Waals surface area (Å²) in [6.45, 7) is 1.87. The van der Waals surface area contributed by atoms with E-state index in [1.54, 1.807) is 7.11 Å². The van der Waals surface area contributed by atoms with E-state index < -0.39 is 6.09 Å². The first kappa shape index (κ1) is 9.83. The van der Waals surface area contributed by atoms with Gasteiger partial charge in [0.05, 0.1) is 7.11 Å². The van der Waals surface area contributed by atoms with Crippen LogP contribution in [0.4, 0.5) is 10.5 Å². The number of methoxy groups -OCH3 is 1. The Morgan fingerprint density at radius 2 is 2.33 bits per heavy atom. The summed E-state index contributed by atoms with van der Waals surface area (Å²) < 4.78 is 10.2. The average Bonchev–Trinajstić information content (AvgIpc) is 2.33. The molecule has 1 N–H and O–H groups in total. The van der Waals surface area contributed by atoms with Crippen LogP contribution < -0.4 is 10.1 Å². The topological polar surface area (TPSA) is 47.6 Å². The minimum atomic E-state index is -0.397. The highest BCUT2D eigenvalue weighted by molar-refractivity contribution is 5.86. The molecule has 1 aliphatic rings. The fourth-order valence-electron chi connectivity index (χ4n) is 1.66. The standard InChI is InChI=1S/C11H13NO3/c1-7-5-8-6-9(14-2)3-4-10(8)12-11(13)15-7/h3-4,6-7H,5H2,1-2H3,(H,12,13). The molecule has 4 heteroatoms. The molecule has 1 heterocycles. The maximum Gasteiger partial charge on any atom is 0.411 e. The summed E-state index contributed by atoms with van der Waals surface area (Å²) in [6.07, 6.45) is 0.190. The van der Waals surface area contributed by atoms with E-state index in [0.717, 1.165) is 17.0 Å². The first-order chi connectivity index (χ1) is 7.19. The zero-order valence-electron chi connectivity index (χ0n) is 8.74. The number of rotatable bonds is 1. The second kappa shape index (κ2) is 3.81. The van der Waals surface area contributed by atoms with Crippen LogP contribution >= 0.6 is 0 Å². The number of ether oxygens (including phenoxy) is 2. The Kier molecular flexibility index (Phi) is 2.49. The second-order valence-electron chi connectivity index (χ2n) is 3.57. The first-order valence-corrected chi connectivity index (χ1v) is 4.83. The summed E-state index contributed by atoms with van der Waals surface area (Å²) in [4.78, 5) is 11.2. The minimum absolute atomic E-state index is 0.113. The Morgan fingerprint density at radius 1 is 1.53 bits per heavy atom. The molecule has 1 aliphatic heterocycles. The van der Waals surface area contributed by atoms with Crippen molar-refractivity contribution in [2.45, 2.75) is 19.4 Å². The SMILES string of the molecule is COc1ccc2c(c1)CC(C)OC(=O)N2. The predicted molar refractivity (Wildman–Crippen MR) is 56.3 cm³/mol. The third-order valence-electron chi connectivity index (χ3n) is 2.36. The highest BCUT2D eigenvalue weighted by Crippen LogP contribution is 2.26. The molecule has 4 nitrogen and oxygen atoms in total. The lowest BCUT2D eigenvalue weighted by molar-refractivity contribution is 0.123. The van der Waals surface area contributed by atoms with E-state index in [-0.39, 0.29) is 6.10 Å². The third-order valence-corrected chi connectivity index (χ3v) is 2.36. The molecule has 15 heavy (non-hydrogen) atoms. The van der Waals surface area contributed by atoms with Gasteiger partial charge in [-0.25, -0.2) is 4.79 Å². The predicted octanol–water partition coefficient (Wildman–Crippen LogP) is 2.19. The van der Waals surface area contributed by atoms with E-state index >= 15 is 0 Å². The van der Waals surface area contributed by atoms with Gasteiger partial charge in [0.15, 0.2) is 0 Å². The maximum absolute atomic E-state index is 11.2. The summed E-state index contributed by atoms with van der Waals surface area (Å²) in [5.41, 5.74) is 1.83. The number of amides is 1. The number of hydrogen-bond acceptors (Lipinski definition) is 3. The number of cyclic esters (lactones) is 1. The van der Waals surface area contributed by atoms with Crippen molar-refractivity contribution < 1.29 is 14.3 Å². The van der Waals surface area contributed by atoms with Crippen molar-refractivity contribution in [1.29, 1.82) is 0 Å². The molecule has 1 unspecified atom stereocenters. The molecule has 0 aromatic heterocycles. The molecule has 1 amide bonds. The van der Waals surface area contributed by atoms with Gasteiger partial charge in [-0.3, -0.25) is 5.32 Å². The Labute approximate surface area is 88.2 Å². The Morgan fingerprint density at radius 3 is 3.07 bits per heavy atom. The number of anilines is 1.